The first-order valence-electron chi connectivity index (χ1n) is 3.47. The smallest absolute Gasteiger partial charge is 0.240 e. The second-order valence-corrected chi connectivity index (χ2v) is 3.40. The number of halogens is 2. The fourth-order valence-corrected chi connectivity index (χ4v) is 1.87. The molecule has 0 aliphatic heterocycles. The number of aromatic nitrogens is 2. The van der Waals surface area contributed by atoms with E-state index >= 15 is 0 Å². The Morgan fingerprint density at radius 3 is 2.92 bits per heavy atom. The zero-order chi connectivity index (χ0) is 8.72. The Morgan fingerprint density at radius 2 is 2.25 bits per heavy atom. The molecule has 1 aromatic carbocycles. The lowest BCUT2D eigenvalue weighted by molar-refractivity contribution is 0.562. The van der Waals surface area contributed by atoms with Crippen LogP contribution in [0, 0.1) is 5.95 Å². The second-order valence-electron chi connectivity index (χ2n) is 2.55. The highest BCUT2D eigenvalue weighted by atomic mass is 79.9. The molecule has 0 aliphatic rings. The first kappa shape index (κ1) is 7.73. The van der Waals surface area contributed by atoms with Gasteiger partial charge in [0.25, 0.3) is 0 Å². The van der Waals surface area contributed by atoms with Gasteiger partial charge in [-0.15, -0.1) is 5.10 Å². The summed E-state index contributed by atoms with van der Waals surface area (Å²) in [6, 6.07) is 5.36. The van der Waals surface area contributed by atoms with Gasteiger partial charge in [0.15, 0.2) is 0 Å². The van der Waals surface area contributed by atoms with E-state index in [0.717, 1.165) is 9.99 Å². The Morgan fingerprint density at radius 1 is 1.50 bits per heavy atom. The maximum absolute atomic E-state index is 13.0. The largest absolute Gasteiger partial charge is 0.264 e. The third-order valence-electron chi connectivity index (χ3n) is 1.77. The second kappa shape index (κ2) is 2.55. The molecule has 1 aromatic heterocycles. The van der Waals surface area contributed by atoms with Crippen molar-refractivity contribution in [3.63, 3.8) is 0 Å². The van der Waals surface area contributed by atoms with Gasteiger partial charge in [0.2, 0.25) is 5.95 Å². The molecule has 0 aliphatic carbocycles. The number of aryl methyl sites for hydroxylation is 1. The van der Waals surface area contributed by atoms with Crippen molar-refractivity contribution >= 4 is 26.8 Å². The van der Waals surface area contributed by atoms with Crippen LogP contribution in [0.1, 0.15) is 0 Å². The van der Waals surface area contributed by atoms with Gasteiger partial charge in [-0.3, -0.25) is 4.68 Å². The van der Waals surface area contributed by atoms with Gasteiger partial charge in [-0.25, -0.2) is 0 Å². The third kappa shape index (κ3) is 0.948. The van der Waals surface area contributed by atoms with Crippen LogP contribution in [0.4, 0.5) is 4.39 Å². The van der Waals surface area contributed by atoms with Crippen LogP contribution < -0.4 is 0 Å². The van der Waals surface area contributed by atoms with Gasteiger partial charge < -0.3 is 0 Å². The zero-order valence-electron chi connectivity index (χ0n) is 6.38. The van der Waals surface area contributed by atoms with Crippen LogP contribution in [0.25, 0.3) is 10.9 Å². The van der Waals surface area contributed by atoms with Crippen LogP contribution in [0.2, 0.25) is 0 Å². The molecule has 0 unspecified atom stereocenters. The maximum Gasteiger partial charge on any atom is 0.240 e. The highest BCUT2D eigenvalue weighted by Crippen LogP contribution is 2.24. The number of rotatable bonds is 0. The summed E-state index contributed by atoms with van der Waals surface area (Å²) in [6.07, 6.45) is 0. The van der Waals surface area contributed by atoms with Crippen LogP contribution in [0.3, 0.4) is 0 Å². The molecular formula is C8H6BrFN2. The minimum Gasteiger partial charge on any atom is -0.264 e. The minimum atomic E-state index is -0.422. The molecule has 0 spiro atoms. The maximum atomic E-state index is 13.0. The number of hydrogen-bond acceptors (Lipinski definition) is 1. The van der Waals surface area contributed by atoms with Gasteiger partial charge in [-0.05, 0) is 28.1 Å². The van der Waals surface area contributed by atoms with Crippen molar-refractivity contribution in [2.45, 2.75) is 0 Å². The van der Waals surface area contributed by atoms with E-state index in [-0.39, 0.29) is 0 Å². The first-order valence-corrected chi connectivity index (χ1v) is 4.26. The predicted octanol–water partition coefficient (Wildman–Crippen LogP) is 2.47. The quantitative estimate of drug-likeness (QED) is 0.678. The van der Waals surface area contributed by atoms with E-state index in [4.69, 9.17) is 0 Å². The Hall–Kier alpha value is -0.900. The van der Waals surface area contributed by atoms with E-state index < -0.39 is 5.95 Å². The zero-order valence-corrected chi connectivity index (χ0v) is 7.97. The monoisotopic (exact) mass is 228 g/mol. The van der Waals surface area contributed by atoms with E-state index in [1.54, 1.807) is 19.2 Å². The van der Waals surface area contributed by atoms with E-state index in [2.05, 4.69) is 21.0 Å². The normalized spacial score (nSPS) is 10.9. The van der Waals surface area contributed by atoms with Crippen molar-refractivity contribution < 1.29 is 4.39 Å². The SMILES string of the molecule is Cn1nc(F)c2cccc(Br)c21. The summed E-state index contributed by atoms with van der Waals surface area (Å²) in [5.74, 6) is -0.422. The van der Waals surface area contributed by atoms with E-state index in [1.165, 1.54) is 4.68 Å². The fraction of sp³-hybridized carbons (Fsp3) is 0.125. The van der Waals surface area contributed by atoms with Crippen molar-refractivity contribution in [1.82, 2.24) is 9.78 Å². The number of fused-ring (bicyclic) bond motifs is 1. The predicted molar refractivity (Wildman–Crippen MR) is 48.4 cm³/mol. The topological polar surface area (TPSA) is 17.8 Å². The number of para-hydroxylation sites is 1. The molecule has 1 heterocycles. The van der Waals surface area contributed by atoms with Gasteiger partial charge >= 0.3 is 0 Å². The Labute approximate surface area is 77.1 Å². The lowest BCUT2D eigenvalue weighted by Crippen LogP contribution is -1.89. The van der Waals surface area contributed by atoms with Crippen molar-refractivity contribution in [3.8, 4) is 0 Å². The molecular weight excluding hydrogens is 223 g/mol. The number of hydrogen-bond donors (Lipinski definition) is 0. The first-order chi connectivity index (χ1) is 5.70. The highest BCUT2D eigenvalue weighted by molar-refractivity contribution is 9.10. The van der Waals surface area contributed by atoms with Crippen molar-refractivity contribution in [2.75, 3.05) is 0 Å². The molecule has 4 heteroatoms. The molecule has 2 aromatic rings. The van der Waals surface area contributed by atoms with Crippen LogP contribution in [0.15, 0.2) is 22.7 Å². The summed E-state index contributed by atoms with van der Waals surface area (Å²) in [6.45, 7) is 0. The lowest BCUT2D eigenvalue weighted by Gasteiger charge is -1.94. The Kier molecular flexibility index (Phi) is 1.65. The summed E-state index contributed by atoms with van der Waals surface area (Å²) in [4.78, 5) is 0. The third-order valence-corrected chi connectivity index (χ3v) is 2.41. The van der Waals surface area contributed by atoms with Crippen LogP contribution in [-0.2, 0) is 7.05 Å². The van der Waals surface area contributed by atoms with E-state index in [1.807, 2.05) is 6.07 Å². The molecule has 0 atom stereocenters. The van der Waals surface area contributed by atoms with Crippen molar-refractivity contribution in [3.05, 3.63) is 28.6 Å². The minimum absolute atomic E-state index is 0.422. The summed E-state index contributed by atoms with van der Waals surface area (Å²) in [5.41, 5.74) is 0.787. The number of nitrogens with zero attached hydrogens (tertiary/aromatic N) is 2. The lowest BCUT2D eigenvalue weighted by atomic mass is 10.2. The molecule has 62 valence electrons. The highest BCUT2D eigenvalue weighted by Gasteiger charge is 2.08. The summed E-state index contributed by atoms with van der Waals surface area (Å²) in [7, 11) is 1.72. The molecule has 0 radical (unpaired) electrons. The molecule has 2 nitrogen and oxygen atoms in total. The van der Waals surface area contributed by atoms with Crippen LogP contribution in [-0.4, -0.2) is 9.78 Å². The Bertz CT molecular complexity index is 436. The molecule has 2 rings (SSSR count). The van der Waals surface area contributed by atoms with Crippen LogP contribution >= 0.6 is 15.9 Å². The molecule has 0 amide bonds. The molecule has 0 fully saturated rings. The molecule has 0 N–H and O–H groups in total. The van der Waals surface area contributed by atoms with Gasteiger partial charge in [-0.2, -0.15) is 4.39 Å². The summed E-state index contributed by atoms with van der Waals surface area (Å²) < 4.78 is 15.4. The average molecular weight is 229 g/mol. The molecule has 12 heavy (non-hydrogen) atoms. The summed E-state index contributed by atoms with van der Waals surface area (Å²) in [5, 5.41) is 4.22. The van der Waals surface area contributed by atoms with Gasteiger partial charge in [-0.1, -0.05) is 6.07 Å². The van der Waals surface area contributed by atoms with E-state index in [0.29, 0.717) is 5.39 Å². The average Bonchev–Trinajstić information content (AvgIpc) is 2.29. The van der Waals surface area contributed by atoms with Crippen molar-refractivity contribution in [2.24, 2.45) is 7.05 Å². The van der Waals surface area contributed by atoms with E-state index in [9.17, 15) is 4.39 Å². The number of benzene rings is 1. The molecule has 0 saturated heterocycles. The van der Waals surface area contributed by atoms with Gasteiger partial charge in [0.1, 0.15) is 0 Å². The summed E-state index contributed by atoms with van der Waals surface area (Å²) >= 11 is 3.33. The van der Waals surface area contributed by atoms with Crippen LogP contribution in [0.5, 0.6) is 0 Å². The van der Waals surface area contributed by atoms with Gasteiger partial charge in [0.05, 0.1) is 10.9 Å². The molecule has 0 saturated carbocycles. The standard InChI is InChI=1S/C8H6BrFN2/c1-12-7-5(8(10)11-12)3-2-4-6(7)9/h2-4H,1H3. The fourth-order valence-electron chi connectivity index (χ4n) is 1.25. The van der Waals surface area contributed by atoms with Gasteiger partial charge in [0, 0.05) is 11.5 Å². The molecule has 0 bridgehead atoms. The van der Waals surface area contributed by atoms with Crippen molar-refractivity contribution in [1.29, 1.82) is 0 Å². The Balaban J connectivity index is 2.99.